The zero-order valence-corrected chi connectivity index (χ0v) is 11.2. The standard InChI is InChI=1S/C13H24N2O2/c1-4-13(3)12(16)15(10(2)14-13)9-11-5-7-17-8-6-11/h10-11,14H,4-9H2,1-3H3. The molecule has 0 saturated carbocycles. The van der Waals surface area contributed by atoms with Crippen molar-refractivity contribution in [3.05, 3.63) is 0 Å². The van der Waals surface area contributed by atoms with E-state index in [4.69, 9.17) is 4.74 Å². The molecule has 2 unspecified atom stereocenters. The predicted molar refractivity (Wildman–Crippen MR) is 66.5 cm³/mol. The molecule has 2 fully saturated rings. The van der Waals surface area contributed by atoms with Crippen molar-refractivity contribution >= 4 is 5.91 Å². The van der Waals surface area contributed by atoms with Gasteiger partial charge in [0.1, 0.15) is 0 Å². The molecule has 2 aliphatic rings. The molecule has 0 spiro atoms. The Morgan fingerprint density at radius 2 is 2.12 bits per heavy atom. The minimum absolute atomic E-state index is 0.162. The zero-order valence-electron chi connectivity index (χ0n) is 11.2. The fourth-order valence-corrected chi connectivity index (χ4v) is 2.79. The Morgan fingerprint density at radius 3 is 2.65 bits per heavy atom. The van der Waals surface area contributed by atoms with Gasteiger partial charge in [-0.1, -0.05) is 6.92 Å². The maximum atomic E-state index is 12.4. The van der Waals surface area contributed by atoms with Gasteiger partial charge in [-0.15, -0.1) is 0 Å². The number of carbonyl (C=O) groups is 1. The monoisotopic (exact) mass is 240 g/mol. The lowest BCUT2D eigenvalue weighted by Gasteiger charge is -2.29. The van der Waals surface area contributed by atoms with Gasteiger partial charge in [-0.05, 0) is 39.0 Å². The maximum Gasteiger partial charge on any atom is 0.243 e. The Balaban J connectivity index is 1.98. The van der Waals surface area contributed by atoms with E-state index in [1.807, 2.05) is 11.8 Å². The molecule has 1 N–H and O–H groups in total. The van der Waals surface area contributed by atoms with Crippen molar-refractivity contribution in [2.24, 2.45) is 5.92 Å². The molecule has 0 radical (unpaired) electrons. The van der Waals surface area contributed by atoms with Gasteiger partial charge in [0.15, 0.2) is 0 Å². The second-order valence-corrected chi connectivity index (χ2v) is 5.52. The minimum Gasteiger partial charge on any atom is -0.381 e. The van der Waals surface area contributed by atoms with Crippen LogP contribution in [0.25, 0.3) is 0 Å². The molecule has 4 heteroatoms. The van der Waals surface area contributed by atoms with Gasteiger partial charge in [0, 0.05) is 19.8 Å². The van der Waals surface area contributed by atoms with Crippen molar-refractivity contribution in [1.82, 2.24) is 10.2 Å². The number of nitrogens with zero attached hydrogens (tertiary/aromatic N) is 1. The van der Waals surface area contributed by atoms with E-state index in [9.17, 15) is 4.79 Å². The van der Waals surface area contributed by atoms with E-state index in [1.165, 1.54) is 0 Å². The van der Waals surface area contributed by atoms with Gasteiger partial charge in [0.05, 0.1) is 11.7 Å². The van der Waals surface area contributed by atoms with Crippen LogP contribution in [0, 0.1) is 5.92 Å². The van der Waals surface area contributed by atoms with Crippen LogP contribution in [0.5, 0.6) is 0 Å². The first-order valence-electron chi connectivity index (χ1n) is 6.73. The van der Waals surface area contributed by atoms with Crippen LogP contribution in [0.15, 0.2) is 0 Å². The Bertz CT molecular complexity index is 289. The summed E-state index contributed by atoms with van der Waals surface area (Å²) in [5, 5.41) is 3.41. The predicted octanol–water partition coefficient (Wildman–Crippen LogP) is 1.36. The molecule has 2 atom stereocenters. The van der Waals surface area contributed by atoms with Crippen LogP contribution in [0.3, 0.4) is 0 Å². The van der Waals surface area contributed by atoms with Gasteiger partial charge in [0.25, 0.3) is 0 Å². The van der Waals surface area contributed by atoms with Crippen molar-refractivity contribution in [1.29, 1.82) is 0 Å². The fourth-order valence-electron chi connectivity index (χ4n) is 2.79. The van der Waals surface area contributed by atoms with E-state index in [0.29, 0.717) is 5.92 Å². The van der Waals surface area contributed by atoms with Crippen LogP contribution in [-0.2, 0) is 9.53 Å². The van der Waals surface area contributed by atoms with Gasteiger partial charge in [-0.3, -0.25) is 10.1 Å². The smallest absolute Gasteiger partial charge is 0.243 e. The lowest BCUT2D eigenvalue weighted by Crippen LogP contribution is -2.43. The van der Waals surface area contributed by atoms with Crippen LogP contribution in [0.4, 0.5) is 0 Å². The summed E-state index contributed by atoms with van der Waals surface area (Å²) in [6.45, 7) is 8.73. The van der Waals surface area contributed by atoms with Crippen molar-refractivity contribution < 1.29 is 9.53 Å². The molecule has 0 aromatic heterocycles. The largest absolute Gasteiger partial charge is 0.381 e. The van der Waals surface area contributed by atoms with Crippen LogP contribution < -0.4 is 5.32 Å². The first-order valence-corrected chi connectivity index (χ1v) is 6.73. The van der Waals surface area contributed by atoms with E-state index in [0.717, 1.165) is 39.0 Å². The average molecular weight is 240 g/mol. The summed E-state index contributed by atoms with van der Waals surface area (Å²) >= 11 is 0. The van der Waals surface area contributed by atoms with Crippen molar-refractivity contribution in [3.63, 3.8) is 0 Å². The number of carbonyl (C=O) groups excluding carboxylic acids is 1. The highest BCUT2D eigenvalue weighted by Gasteiger charge is 2.45. The van der Waals surface area contributed by atoms with Gasteiger partial charge >= 0.3 is 0 Å². The fraction of sp³-hybridized carbons (Fsp3) is 0.923. The number of amides is 1. The number of ether oxygens (including phenoxy) is 1. The van der Waals surface area contributed by atoms with E-state index < -0.39 is 0 Å². The summed E-state index contributed by atoms with van der Waals surface area (Å²) in [4.78, 5) is 14.4. The van der Waals surface area contributed by atoms with Crippen molar-refractivity contribution in [2.75, 3.05) is 19.8 Å². The number of hydrogen-bond donors (Lipinski definition) is 1. The quantitative estimate of drug-likeness (QED) is 0.810. The molecule has 0 aromatic rings. The zero-order chi connectivity index (χ0) is 12.5. The average Bonchev–Trinajstić information content (AvgIpc) is 2.55. The highest BCUT2D eigenvalue weighted by Crippen LogP contribution is 2.26. The molecule has 2 aliphatic heterocycles. The molecule has 2 heterocycles. The summed E-state index contributed by atoms with van der Waals surface area (Å²) in [6.07, 6.45) is 3.18. The van der Waals surface area contributed by atoms with Crippen LogP contribution >= 0.6 is 0 Å². The molecule has 98 valence electrons. The number of rotatable bonds is 3. The molecule has 1 amide bonds. The molecule has 2 saturated heterocycles. The minimum atomic E-state index is -0.357. The van der Waals surface area contributed by atoms with Crippen LogP contribution in [0.1, 0.15) is 40.0 Å². The van der Waals surface area contributed by atoms with Crippen molar-refractivity contribution in [3.8, 4) is 0 Å². The molecule has 17 heavy (non-hydrogen) atoms. The number of nitrogens with one attached hydrogen (secondary N) is 1. The summed E-state index contributed by atoms with van der Waals surface area (Å²) < 4.78 is 5.36. The number of hydrogen-bond acceptors (Lipinski definition) is 3. The highest BCUT2D eigenvalue weighted by atomic mass is 16.5. The molecule has 4 nitrogen and oxygen atoms in total. The molecule has 0 aromatic carbocycles. The summed E-state index contributed by atoms with van der Waals surface area (Å²) in [7, 11) is 0. The lowest BCUT2D eigenvalue weighted by atomic mass is 9.97. The summed E-state index contributed by atoms with van der Waals surface area (Å²) in [5.41, 5.74) is -0.357. The highest BCUT2D eigenvalue weighted by molar-refractivity contribution is 5.88. The normalized spacial score (nSPS) is 35.6. The molecular formula is C13H24N2O2. The molecule has 2 rings (SSSR count). The molecule has 0 bridgehead atoms. The Morgan fingerprint density at radius 1 is 1.47 bits per heavy atom. The first-order chi connectivity index (χ1) is 8.07. The third-order valence-electron chi connectivity index (χ3n) is 4.23. The second kappa shape index (κ2) is 4.94. The second-order valence-electron chi connectivity index (χ2n) is 5.52. The third-order valence-corrected chi connectivity index (χ3v) is 4.23. The SMILES string of the molecule is CCC1(C)NC(C)N(CC2CCOCC2)C1=O. The van der Waals surface area contributed by atoms with Gasteiger partial charge < -0.3 is 9.64 Å². The van der Waals surface area contributed by atoms with Crippen molar-refractivity contribution in [2.45, 2.75) is 51.7 Å². The molecular weight excluding hydrogens is 216 g/mol. The summed E-state index contributed by atoms with van der Waals surface area (Å²) in [5.74, 6) is 0.871. The maximum absolute atomic E-state index is 12.4. The van der Waals surface area contributed by atoms with Gasteiger partial charge in [-0.2, -0.15) is 0 Å². The van der Waals surface area contributed by atoms with Crippen LogP contribution in [0.2, 0.25) is 0 Å². The Hall–Kier alpha value is -0.610. The third kappa shape index (κ3) is 2.47. The topological polar surface area (TPSA) is 41.6 Å². The Labute approximate surface area is 104 Å². The molecule has 0 aliphatic carbocycles. The lowest BCUT2D eigenvalue weighted by molar-refractivity contribution is -0.133. The van der Waals surface area contributed by atoms with E-state index in [2.05, 4.69) is 19.2 Å². The van der Waals surface area contributed by atoms with E-state index >= 15 is 0 Å². The van der Waals surface area contributed by atoms with Gasteiger partial charge in [-0.25, -0.2) is 0 Å². The van der Waals surface area contributed by atoms with E-state index in [1.54, 1.807) is 0 Å². The van der Waals surface area contributed by atoms with Crippen LogP contribution in [-0.4, -0.2) is 42.3 Å². The van der Waals surface area contributed by atoms with E-state index in [-0.39, 0.29) is 17.6 Å². The van der Waals surface area contributed by atoms with Gasteiger partial charge in [0.2, 0.25) is 5.91 Å². The summed E-state index contributed by atoms with van der Waals surface area (Å²) in [6, 6.07) is 0. The Kier molecular flexibility index (Phi) is 3.73. The first kappa shape index (κ1) is 12.8.